The molecule has 2 nitrogen and oxygen atoms in total. The number of hydrogen-bond donors (Lipinski definition) is 1. The summed E-state index contributed by atoms with van der Waals surface area (Å²) < 4.78 is 11.0. The van der Waals surface area contributed by atoms with Crippen LogP contribution < -0.4 is 5.32 Å². The SMILES string of the molecule is CCNC(=O)F. The van der Waals surface area contributed by atoms with E-state index in [9.17, 15) is 9.18 Å². The van der Waals surface area contributed by atoms with E-state index >= 15 is 0 Å². The lowest BCUT2D eigenvalue weighted by molar-refractivity contribution is 0.222. The summed E-state index contributed by atoms with van der Waals surface area (Å²) in [5.74, 6) is 0. The molecule has 0 heterocycles. The summed E-state index contributed by atoms with van der Waals surface area (Å²) in [5, 5.41) is 1.90. The molecule has 0 atom stereocenters. The van der Waals surface area contributed by atoms with Crippen molar-refractivity contribution in [2.45, 2.75) is 6.92 Å². The Morgan fingerprint density at radius 2 is 2.50 bits per heavy atom. The van der Waals surface area contributed by atoms with E-state index in [1.54, 1.807) is 6.92 Å². The van der Waals surface area contributed by atoms with E-state index in [1.807, 2.05) is 5.32 Å². The first kappa shape index (κ1) is 5.40. The molecule has 3 heteroatoms. The Morgan fingerprint density at radius 3 is 2.50 bits per heavy atom. The first-order valence-electron chi connectivity index (χ1n) is 1.70. The Kier molecular flexibility index (Phi) is 2.36. The zero-order valence-corrected chi connectivity index (χ0v) is 3.49. The van der Waals surface area contributed by atoms with Crippen LogP contribution in [0.15, 0.2) is 0 Å². The molecule has 0 saturated heterocycles. The minimum atomic E-state index is -1.46. The molecule has 0 rings (SSSR count). The quantitative estimate of drug-likeness (QED) is 0.373. The molecule has 0 spiro atoms. The molecule has 0 unspecified atom stereocenters. The summed E-state index contributed by atoms with van der Waals surface area (Å²) in [4.78, 5) is 9.27. The van der Waals surface area contributed by atoms with Gasteiger partial charge in [-0.05, 0) is 6.92 Å². The third-order valence-corrected chi connectivity index (χ3v) is 0.316. The van der Waals surface area contributed by atoms with Crippen molar-refractivity contribution in [2.75, 3.05) is 6.54 Å². The molecule has 1 N–H and O–H groups in total. The van der Waals surface area contributed by atoms with Crippen molar-refractivity contribution in [3.63, 3.8) is 0 Å². The van der Waals surface area contributed by atoms with Gasteiger partial charge >= 0.3 is 6.16 Å². The molecule has 36 valence electrons. The standard InChI is InChI=1S/C3H6FNO/c1-2-5-3(4)6/h2H2,1H3,(H,5,6). The molecular formula is C3H6FNO. The average molecular weight is 91.1 g/mol. The zero-order chi connectivity index (χ0) is 4.99. The van der Waals surface area contributed by atoms with Gasteiger partial charge in [-0.2, -0.15) is 0 Å². The highest BCUT2D eigenvalue weighted by molar-refractivity contribution is 5.65. The fraction of sp³-hybridized carbons (Fsp3) is 0.667. The molecule has 0 aromatic rings. The third kappa shape index (κ3) is 3.40. The van der Waals surface area contributed by atoms with Crippen LogP contribution in [0.1, 0.15) is 6.92 Å². The van der Waals surface area contributed by atoms with E-state index < -0.39 is 6.16 Å². The Bertz CT molecular complexity index is 54.8. The molecule has 0 aliphatic heterocycles. The van der Waals surface area contributed by atoms with E-state index in [1.165, 1.54) is 0 Å². The van der Waals surface area contributed by atoms with Crippen molar-refractivity contribution in [2.24, 2.45) is 0 Å². The zero-order valence-electron chi connectivity index (χ0n) is 3.49. The van der Waals surface area contributed by atoms with Gasteiger partial charge in [-0.3, -0.25) is 0 Å². The van der Waals surface area contributed by atoms with Crippen LogP contribution in [0.25, 0.3) is 0 Å². The van der Waals surface area contributed by atoms with Crippen LogP contribution in [0.2, 0.25) is 0 Å². The predicted octanol–water partition coefficient (Wildman–Crippen LogP) is 0.685. The lowest BCUT2D eigenvalue weighted by Gasteiger charge is -1.84. The van der Waals surface area contributed by atoms with E-state index in [2.05, 4.69) is 0 Å². The summed E-state index contributed by atoms with van der Waals surface area (Å²) >= 11 is 0. The van der Waals surface area contributed by atoms with E-state index in [4.69, 9.17) is 0 Å². The van der Waals surface area contributed by atoms with Crippen LogP contribution in [0.4, 0.5) is 9.18 Å². The maximum absolute atomic E-state index is 11.0. The molecule has 0 bridgehead atoms. The second-order valence-electron chi connectivity index (χ2n) is 0.804. The largest absolute Gasteiger partial charge is 0.397 e. The number of carbonyl (C=O) groups excluding carboxylic acids is 1. The first-order valence-corrected chi connectivity index (χ1v) is 1.70. The van der Waals surface area contributed by atoms with Crippen molar-refractivity contribution < 1.29 is 9.18 Å². The molecule has 6 heavy (non-hydrogen) atoms. The Labute approximate surface area is 35.3 Å². The van der Waals surface area contributed by atoms with Crippen molar-refractivity contribution in [1.82, 2.24) is 5.32 Å². The molecule has 0 saturated carbocycles. The molecule has 0 radical (unpaired) electrons. The van der Waals surface area contributed by atoms with Gasteiger partial charge < -0.3 is 5.32 Å². The van der Waals surface area contributed by atoms with Crippen LogP contribution in [0.3, 0.4) is 0 Å². The predicted molar refractivity (Wildman–Crippen MR) is 20.2 cm³/mol. The summed E-state index contributed by atoms with van der Waals surface area (Å²) in [7, 11) is 0. The van der Waals surface area contributed by atoms with Gasteiger partial charge in [0.1, 0.15) is 0 Å². The number of halogens is 1. The topological polar surface area (TPSA) is 29.1 Å². The Balaban J connectivity index is 2.83. The smallest absolute Gasteiger partial charge is 0.328 e. The normalized spacial score (nSPS) is 7.67. The number of hydrogen-bond acceptors (Lipinski definition) is 1. The van der Waals surface area contributed by atoms with E-state index in [-0.39, 0.29) is 0 Å². The van der Waals surface area contributed by atoms with Gasteiger partial charge in [0, 0.05) is 6.54 Å². The lowest BCUT2D eigenvalue weighted by atomic mass is 10.8. The Morgan fingerprint density at radius 1 is 2.00 bits per heavy atom. The van der Waals surface area contributed by atoms with Gasteiger partial charge in [0.05, 0.1) is 0 Å². The van der Waals surface area contributed by atoms with Crippen LogP contribution in [0.5, 0.6) is 0 Å². The highest BCUT2D eigenvalue weighted by Gasteiger charge is 1.85. The van der Waals surface area contributed by atoms with Crippen LogP contribution in [0, 0.1) is 0 Å². The second-order valence-corrected chi connectivity index (χ2v) is 0.804. The maximum atomic E-state index is 11.0. The van der Waals surface area contributed by atoms with Gasteiger partial charge in [-0.1, -0.05) is 0 Å². The summed E-state index contributed by atoms with van der Waals surface area (Å²) in [6.45, 7) is 2.01. The fourth-order valence-electron chi connectivity index (χ4n) is 0.139. The minimum absolute atomic E-state index is 0.356. The number of nitrogens with one attached hydrogen (secondary N) is 1. The average Bonchev–Trinajstić information content (AvgIpc) is 1.35. The highest BCUT2D eigenvalue weighted by Crippen LogP contribution is 1.64. The van der Waals surface area contributed by atoms with Crippen LogP contribution in [-0.4, -0.2) is 12.7 Å². The van der Waals surface area contributed by atoms with Gasteiger partial charge in [-0.15, -0.1) is 4.39 Å². The van der Waals surface area contributed by atoms with Gasteiger partial charge in [-0.25, -0.2) is 4.79 Å². The molecule has 0 aromatic carbocycles. The van der Waals surface area contributed by atoms with Crippen LogP contribution >= 0.6 is 0 Å². The maximum Gasteiger partial charge on any atom is 0.397 e. The Hall–Kier alpha value is -0.600. The van der Waals surface area contributed by atoms with E-state index in [0.717, 1.165) is 0 Å². The highest BCUT2D eigenvalue weighted by atomic mass is 19.1. The minimum Gasteiger partial charge on any atom is -0.328 e. The molecule has 0 aromatic heterocycles. The van der Waals surface area contributed by atoms with E-state index in [0.29, 0.717) is 6.54 Å². The monoisotopic (exact) mass is 91.0 g/mol. The third-order valence-electron chi connectivity index (χ3n) is 0.316. The van der Waals surface area contributed by atoms with Crippen molar-refractivity contribution in [1.29, 1.82) is 0 Å². The molecule has 1 amide bonds. The second kappa shape index (κ2) is 2.63. The molecule has 0 fully saturated rings. The van der Waals surface area contributed by atoms with Crippen molar-refractivity contribution in [3.05, 3.63) is 0 Å². The van der Waals surface area contributed by atoms with Gasteiger partial charge in [0.2, 0.25) is 0 Å². The number of carbonyl (C=O) groups is 1. The van der Waals surface area contributed by atoms with Crippen LogP contribution in [-0.2, 0) is 0 Å². The summed E-state index contributed by atoms with van der Waals surface area (Å²) in [6.07, 6.45) is -1.46. The number of rotatable bonds is 1. The lowest BCUT2D eigenvalue weighted by Crippen LogP contribution is -2.15. The van der Waals surface area contributed by atoms with Gasteiger partial charge in [0.25, 0.3) is 0 Å². The molecular weight excluding hydrogens is 85.0 g/mol. The molecule has 0 aliphatic carbocycles. The molecule has 0 aliphatic rings. The number of amides is 1. The van der Waals surface area contributed by atoms with Crippen molar-refractivity contribution in [3.8, 4) is 0 Å². The summed E-state index contributed by atoms with van der Waals surface area (Å²) in [6, 6.07) is 0. The van der Waals surface area contributed by atoms with Crippen molar-refractivity contribution >= 4 is 6.16 Å². The van der Waals surface area contributed by atoms with Gasteiger partial charge in [0.15, 0.2) is 0 Å². The first-order chi connectivity index (χ1) is 2.77. The summed E-state index contributed by atoms with van der Waals surface area (Å²) in [5.41, 5.74) is 0. The fourth-order valence-corrected chi connectivity index (χ4v) is 0.139.